The van der Waals surface area contributed by atoms with Crippen molar-refractivity contribution in [2.75, 3.05) is 5.32 Å². The summed E-state index contributed by atoms with van der Waals surface area (Å²) in [4.78, 5) is 31.7. The number of carbonyl (C=O) groups excluding carboxylic acids is 1. The zero-order valence-electron chi connectivity index (χ0n) is 16.1. The summed E-state index contributed by atoms with van der Waals surface area (Å²) in [7, 11) is 0. The third-order valence-electron chi connectivity index (χ3n) is 4.27. The number of nitro benzene ring substituents is 1. The van der Waals surface area contributed by atoms with Crippen molar-refractivity contribution in [2.45, 2.75) is 6.42 Å². The van der Waals surface area contributed by atoms with E-state index >= 15 is 0 Å². The highest BCUT2D eigenvalue weighted by molar-refractivity contribution is 7.14. The van der Waals surface area contributed by atoms with Crippen LogP contribution in [0, 0.1) is 10.1 Å². The molecule has 0 atom stereocenters. The zero-order valence-corrected chi connectivity index (χ0v) is 16.9. The van der Waals surface area contributed by atoms with E-state index in [4.69, 9.17) is 4.74 Å². The fraction of sp³-hybridized carbons (Fsp3) is 0.0455. The molecule has 0 radical (unpaired) electrons. The lowest BCUT2D eigenvalue weighted by Crippen LogP contribution is -2.12. The molecule has 2 aromatic carbocycles. The highest BCUT2D eigenvalue weighted by Gasteiger charge is 2.17. The van der Waals surface area contributed by atoms with Crippen molar-refractivity contribution in [3.8, 4) is 17.1 Å². The standard InChI is InChI=1S/C22H16N4O4S/c27-21(12-15-6-1-2-10-20(15)26(28)29)30-17-8-5-7-16(13-17)24-22-25-19(14-31-22)18-9-3-4-11-23-18/h1-11,13-14H,12H2,(H,24,25). The van der Waals surface area contributed by atoms with Gasteiger partial charge in [0, 0.05) is 35.0 Å². The minimum atomic E-state index is -0.585. The van der Waals surface area contributed by atoms with E-state index in [0.29, 0.717) is 22.1 Å². The Bertz CT molecular complexity index is 1230. The lowest BCUT2D eigenvalue weighted by molar-refractivity contribution is -0.385. The highest BCUT2D eigenvalue weighted by Crippen LogP contribution is 2.27. The van der Waals surface area contributed by atoms with E-state index in [9.17, 15) is 14.9 Å². The number of hydrogen-bond acceptors (Lipinski definition) is 8. The Balaban J connectivity index is 1.43. The van der Waals surface area contributed by atoms with Gasteiger partial charge in [0.05, 0.1) is 17.0 Å². The van der Waals surface area contributed by atoms with Gasteiger partial charge in [0.25, 0.3) is 5.69 Å². The first kappa shape index (κ1) is 20.2. The average Bonchev–Trinajstić information content (AvgIpc) is 3.23. The number of pyridine rings is 1. The van der Waals surface area contributed by atoms with Crippen LogP contribution in [0.2, 0.25) is 0 Å². The first-order valence-electron chi connectivity index (χ1n) is 9.25. The second-order valence-electron chi connectivity index (χ2n) is 6.44. The van der Waals surface area contributed by atoms with Crippen molar-refractivity contribution in [1.29, 1.82) is 0 Å². The molecule has 4 aromatic rings. The molecule has 154 valence electrons. The number of ether oxygens (including phenoxy) is 1. The van der Waals surface area contributed by atoms with Gasteiger partial charge in [0.1, 0.15) is 11.4 Å². The van der Waals surface area contributed by atoms with Crippen LogP contribution in [-0.2, 0) is 11.2 Å². The fourth-order valence-corrected chi connectivity index (χ4v) is 3.61. The van der Waals surface area contributed by atoms with Gasteiger partial charge in [-0.05, 0) is 24.3 Å². The number of nitro groups is 1. The second-order valence-corrected chi connectivity index (χ2v) is 7.30. The Kier molecular flexibility index (Phi) is 5.95. The van der Waals surface area contributed by atoms with Crippen LogP contribution in [0.15, 0.2) is 78.3 Å². The molecule has 0 unspecified atom stereocenters. The number of nitrogens with one attached hydrogen (secondary N) is 1. The molecule has 0 saturated heterocycles. The summed E-state index contributed by atoms with van der Waals surface area (Å²) in [5.41, 5.74) is 2.43. The topological polar surface area (TPSA) is 107 Å². The van der Waals surface area contributed by atoms with E-state index in [0.717, 1.165) is 11.4 Å². The maximum atomic E-state index is 12.3. The van der Waals surface area contributed by atoms with Crippen molar-refractivity contribution in [2.24, 2.45) is 0 Å². The normalized spacial score (nSPS) is 10.5. The van der Waals surface area contributed by atoms with Crippen LogP contribution in [0.5, 0.6) is 5.75 Å². The van der Waals surface area contributed by atoms with Crippen LogP contribution in [0.1, 0.15) is 5.56 Å². The molecule has 0 saturated carbocycles. The molecule has 2 aromatic heterocycles. The van der Waals surface area contributed by atoms with E-state index in [-0.39, 0.29) is 12.1 Å². The molecule has 31 heavy (non-hydrogen) atoms. The number of rotatable bonds is 7. The predicted molar refractivity (Wildman–Crippen MR) is 118 cm³/mol. The molecule has 0 aliphatic heterocycles. The van der Waals surface area contributed by atoms with Gasteiger partial charge in [-0.2, -0.15) is 0 Å². The van der Waals surface area contributed by atoms with Crippen LogP contribution in [-0.4, -0.2) is 20.9 Å². The Morgan fingerprint density at radius 2 is 1.90 bits per heavy atom. The van der Waals surface area contributed by atoms with Crippen LogP contribution in [0.4, 0.5) is 16.5 Å². The van der Waals surface area contributed by atoms with E-state index in [1.54, 1.807) is 42.6 Å². The second kappa shape index (κ2) is 9.14. The van der Waals surface area contributed by atoms with Crippen molar-refractivity contribution in [1.82, 2.24) is 9.97 Å². The van der Waals surface area contributed by atoms with E-state index in [1.807, 2.05) is 29.6 Å². The molecule has 0 bridgehead atoms. The molecule has 0 spiro atoms. The number of nitrogens with zero attached hydrogens (tertiary/aromatic N) is 3. The van der Waals surface area contributed by atoms with Gasteiger partial charge in [-0.3, -0.25) is 19.9 Å². The molecule has 0 amide bonds. The minimum Gasteiger partial charge on any atom is -0.426 e. The maximum absolute atomic E-state index is 12.3. The van der Waals surface area contributed by atoms with Crippen LogP contribution in [0.3, 0.4) is 0 Å². The minimum absolute atomic E-state index is 0.109. The molecule has 8 nitrogen and oxygen atoms in total. The summed E-state index contributed by atoms with van der Waals surface area (Å²) >= 11 is 1.43. The van der Waals surface area contributed by atoms with Gasteiger partial charge in [-0.25, -0.2) is 4.98 Å². The predicted octanol–water partition coefficient (Wildman–Crippen LogP) is 5.01. The number of anilines is 2. The lowest BCUT2D eigenvalue weighted by atomic mass is 10.1. The molecule has 0 fully saturated rings. The molecule has 4 rings (SSSR count). The third-order valence-corrected chi connectivity index (χ3v) is 5.03. The smallest absolute Gasteiger partial charge is 0.315 e. The van der Waals surface area contributed by atoms with Gasteiger partial charge in [0.2, 0.25) is 0 Å². The highest BCUT2D eigenvalue weighted by atomic mass is 32.1. The average molecular weight is 432 g/mol. The van der Waals surface area contributed by atoms with Gasteiger partial charge >= 0.3 is 5.97 Å². The Morgan fingerprint density at radius 1 is 1.06 bits per heavy atom. The zero-order chi connectivity index (χ0) is 21.6. The van der Waals surface area contributed by atoms with Gasteiger partial charge in [-0.15, -0.1) is 11.3 Å². The molecule has 0 aliphatic carbocycles. The molecule has 1 N–H and O–H groups in total. The van der Waals surface area contributed by atoms with E-state index < -0.39 is 10.9 Å². The fourth-order valence-electron chi connectivity index (χ4n) is 2.89. The van der Waals surface area contributed by atoms with Crippen molar-refractivity contribution < 1.29 is 14.5 Å². The summed E-state index contributed by atoms with van der Waals surface area (Å²) in [6.07, 6.45) is 1.51. The van der Waals surface area contributed by atoms with Crippen molar-refractivity contribution in [3.05, 3.63) is 94.0 Å². The Hall–Kier alpha value is -4.11. The van der Waals surface area contributed by atoms with Crippen LogP contribution < -0.4 is 10.1 Å². The molecular formula is C22H16N4O4S. The summed E-state index contributed by atoms with van der Waals surface area (Å²) in [5.74, 6) is -0.256. The van der Waals surface area contributed by atoms with Crippen molar-refractivity contribution in [3.63, 3.8) is 0 Å². The summed E-state index contributed by atoms with van der Waals surface area (Å²) in [6.45, 7) is 0. The number of aromatic nitrogens is 2. The molecule has 9 heteroatoms. The van der Waals surface area contributed by atoms with E-state index in [2.05, 4.69) is 15.3 Å². The Morgan fingerprint density at radius 3 is 2.71 bits per heavy atom. The maximum Gasteiger partial charge on any atom is 0.315 e. The summed E-state index contributed by atoms with van der Waals surface area (Å²) in [5, 5.41) is 16.9. The van der Waals surface area contributed by atoms with E-state index in [1.165, 1.54) is 17.4 Å². The monoisotopic (exact) mass is 432 g/mol. The third kappa shape index (κ3) is 5.09. The number of hydrogen-bond donors (Lipinski definition) is 1. The first-order chi connectivity index (χ1) is 15.1. The number of carbonyl (C=O) groups is 1. The SMILES string of the molecule is O=C(Cc1ccccc1[N+](=O)[O-])Oc1cccc(Nc2nc(-c3ccccn3)cs2)c1. The quantitative estimate of drug-likeness (QED) is 0.189. The Labute approximate surface area is 181 Å². The van der Waals surface area contributed by atoms with Crippen molar-refractivity contribution >= 4 is 33.8 Å². The number of esters is 1. The summed E-state index contributed by atoms with van der Waals surface area (Å²) in [6, 6.07) is 18.6. The molecular weight excluding hydrogens is 416 g/mol. The lowest BCUT2D eigenvalue weighted by Gasteiger charge is -2.07. The molecule has 2 heterocycles. The van der Waals surface area contributed by atoms with Crippen LogP contribution in [0.25, 0.3) is 11.4 Å². The number of thiazole rings is 1. The largest absolute Gasteiger partial charge is 0.426 e. The number of benzene rings is 2. The van der Waals surface area contributed by atoms with Gasteiger partial charge < -0.3 is 10.1 Å². The molecule has 0 aliphatic rings. The van der Waals surface area contributed by atoms with Gasteiger partial charge in [-0.1, -0.05) is 30.3 Å². The van der Waals surface area contributed by atoms with Crippen LogP contribution >= 0.6 is 11.3 Å². The summed E-state index contributed by atoms with van der Waals surface area (Å²) < 4.78 is 5.38. The van der Waals surface area contributed by atoms with Gasteiger partial charge in [0.15, 0.2) is 5.13 Å². The number of para-hydroxylation sites is 1. The first-order valence-corrected chi connectivity index (χ1v) is 10.1.